The second-order valence-corrected chi connectivity index (χ2v) is 9.71. The Hall–Kier alpha value is -3.12. The first-order valence-electron chi connectivity index (χ1n) is 11.8. The van der Waals surface area contributed by atoms with Gasteiger partial charge in [0.15, 0.2) is 0 Å². The molecule has 2 aromatic heterocycles. The Morgan fingerprint density at radius 1 is 0.939 bits per heavy atom. The van der Waals surface area contributed by atoms with Crippen LogP contribution in [0.4, 0.5) is 17.2 Å². The van der Waals surface area contributed by atoms with Gasteiger partial charge in [-0.1, -0.05) is 12.1 Å². The maximum atomic E-state index is 5.63. The number of piperidine rings is 1. The largest absolute Gasteiger partial charge is 0.494 e. The van der Waals surface area contributed by atoms with Crippen LogP contribution >= 0.6 is 11.3 Å². The van der Waals surface area contributed by atoms with Gasteiger partial charge in [0, 0.05) is 34.9 Å². The van der Waals surface area contributed by atoms with Crippen LogP contribution in [0.5, 0.6) is 5.75 Å². The van der Waals surface area contributed by atoms with E-state index in [1.165, 1.54) is 35.4 Å². The van der Waals surface area contributed by atoms with Crippen molar-refractivity contribution in [2.75, 3.05) is 29.9 Å². The Morgan fingerprint density at radius 2 is 1.67 bits per heavy atom. The molecule has 0 saturated carbocycles. The molecule has 1 N–H and O–H groups in total. The molecule has 1 fully saturated rings. The number of benzene rings is 2. The normalized spacial score (nSPS) is 14.0. The molecule has 6 heteroatoms. The molecule has 3 heterocycles. The lowest BCUT2D eigenvalue weighted by atomic mass is 10.0. The zero-order valence-electron chi connectivity index (χ0n) is 19.5. The molecule has 4 aromatic rings. The summed E-state index contributed by atoms with van der Waals surface area (Å²) in [5.74, 6) is 2.52. The summed E-state index contributed by atoms with van der Waals surface area (Å²) in [7, 11) is 0. The van der Waals surface area contributed by atoms with Gasteiger partial charge in [-0.2, -0.15) is 0 Å². The molecule has 33 heavy (non-hydrogen) atoms. The predicted octanol–water partition coefficient (Wildman–Crippen LogP) is 7.11. The molecule has 0 radical (unpaired) electrons. The van der Waals surface area contributed by atoms with Crippen molar-refractivity contribution in [2.24, 2.45) is 0 Å². The van der Waals surface area contributed by atoms with Crippen LogP contribution in [0.1, 0.15) is 36.9 Å². The van der Waals surface area contributed by atoms with Crippen molar-refractivity contribution in [3.8, 4) is 16.9 Å². The first-order chi connectivity index (χ1) is 16.1. The van der Waals surface area contributed by atoms with E-state index in [2.05, 4.69) is 53.5 Å². The van der Waals surface area contributed by atoms with Crippen LogP contribution in [0, 0.1) is 13.8 Å². The number of aromatic nitrogens is 2. The van der Waals surface area contributed by atoms with Gasteiger partial charge in [0.1, 0.15) is 22.2 Å². The van der Waals surface area contributed by atoms with Crippen LogP contribution in [0.2, 0.25) is 0 Å². The van der Waals surface area contributed by atoms with E-state index in [1.54, 1.807) is 11.3 Å². The summed E-state index contributed by atoms with van der Waals surface area (Å²) in [5, 5.41) is 4.66. The van der Waals surface area contributed by atoms with Crippen LogP contribution in [0.3, 0.4) is 0 Å². The zero-order chi connectivity index (χ0) is 22.8. The molecule has 1 saturated heterocycles. The highest BCUT2D eigenvalue weighted by Gasteiger charge is 2.18. The molecule has 0 unspecified atom stereocenters. The van der Waals surface area contributed by atoms with E-state index in [4.69, 9.17) is 14.7 Å². The Labute approximate surface area is 199 Å². The SMILES string of the molecule is CCOc1ccc(-c2c(C)sc3nc(C)nc(Nc4ccc(N5CCCCC5)cc4)c23)cc1. The van der Waals surface area contributed by atoms with Crippen molar-refractivity contribution < 1.29 is 4.74 Å². The zero-order valence-corrected chi connectivity index (χ0v) is 20.3. The van der Waals surface area contributed by atoms with Gasteiger partial charge in [-0.3, -0.25) is 0 Å². The lowest BCUT2D eigenvalue weighted by molar-refractivity contribution is 0.340. The van der Waals surface area contributed by atoms with Gasteiger partial charge < -0.3 is 15.0 Å². The second kappa shape index (κ2) is 9.40. The quantitative estimate of drug-likeness (QED) is 0.334. The van der Waals surface area contributed by atoms with Crippen LogP contribution in [0.15, 0.2) is 48.5 Å². The predicted molar refractivity (Wildman–Crippen MR) is 139 cm³/mol. The number of ether oxygens (including phenoxy) is 1. The number of rotatable bonds is 6. The number of nitrogens with one attached hydrogen (secondary N) is 1. The average Bonchev–Trinajstić information content (AvgIpc) is 3.16. The molecule has 0 spiro atoms. The highest BCUT2D eigenvalue weighted by molar-refractivity contribution is 7.19. The lowest BCUT2D eigenvalue weighted by Gasteiger charge is -2.28. The van der Waals surface area contributed by atoms with E-state index in [0.29, 0.717) is 6.61 Å². The third-order valence-corrected chi connectivity index (χ3v) is 7.14. The highest BCUT2D eigenvalue weighted by Crippen LogP contribution is 2.42. The van der Waals surface area contributed by atoms with Crippen LogP contribution in [0.25, 0.3) is 21.3 Å². The molecular formula is C27H30N4OS. The molecule has 0 bridgehead atoms. The Morgan fingerprint density at radius 3 is 2.36 bits per heavy atom. The van der Waals surface area contributed by atoms with Gasteiger partial charge in [0.25, 0.3) is 0 Å². The van der Waals surface area contributed by atoms with Gasteiger partial charge in [0.05, 0.1) is 12.0 Å². The maximum Gasteiger partial charge on any atom is 0.143 e. The minimum Gasteiger partial charge on any atom is -0.494 e. The van der Waals surface area contributed by atoms with Crippen LogP contribution in [-0.2, 0) is 0 Å². The summed E-state index contributed by atoms with van der Waals surface area (Å²) in [5.41, 5.74) is 4.67. The molecular weight excluding hydrogens is 428 g/mol. The van der Waals surface area contributed by atoms with E-state index >= 15 is 0 Å². The van der Waals surface area contributed by atoms with Crippen molar-refractivity contribution in [2.45, 2.75) is 40.0 Å². The van der Waals surface area contributed by atoms with Gasteiger partial charge in [0.2, 0.25) is 0 Å². The average molecular weight is 459 g/mol. The smallest absolute Gasteiger partial charge is 0.143 e. The van der Waals surface area contributed by atoms with Crippen molar-refractivity contribution in [1.82, 2.24) is 9.97 Å². The van der Waals surface area contributed by atoms with Crippen molar-refractivity contribution in [3.05, 3.63) is 59.2 Å². The van der Waals surface area contributed by atoms with E-state index in [0.717, 1.165) is 51.9 Å². The molecule has 2 aromatic carbocycles. The maximum absolute atomic E-state index is 5.63. The number of hydrogen-bond donors (Lipinski definition) is 1. The molecule has 1 aliphatic heterocycles. The molecule has 0 atom stereocenters. The number of fused-ring (bicyclic) bond motifs is 1. The van der Waals surface area contributed by atoms with E-state index in [-0.39, 0.29) is 0 Å². The lowest BCUT2D eigenvalue weighted by Crippen LogP contribution is -2.29. The molecule has 5 rings (SSSR count). The molecule has 1 aliphatic rings. The second-order valence-electron chi connectivity index (χ2n) is 8.51. The first kappa shape index (κ1) is 21.7. The Bertz CT molecular complexity index is 1240. The number of hydrogen-bond acceptors (Lipinski definition) is 6. The van der Waals surface area contributed by atoms with E-state index in [9.17, 15) is 0 Å². The summed E-state index contributed by atoms with van der Waals surface area (Å²) < 4.78 is 5.63. The van der Waals surface area contributed by atoms with Gasteiger partial charge in [-0.05, 0) is 82.0 Å². The minimum atomic E-state index is 0.664. The van der Waals surface area contributed by atoms with Gasteiger partial charge in [-0.15, -0.1) is 11.3 Å². The molecule has 0 amide bonds. The topological polar surface area (TPSA) is 50.3 Å². The van der Waals surface area contributed by atoms with Crippen LogP contribution < -0.4 is 15.0 Å². The fourth-order valence-corrected chi connectivity index (χ4v) is 5.68. The van der Waals surface area contributed by atoms with Gasteiger partial charge >= 0.3 is 0 Å². The summed E-state index contributed by atoms with van der Waals surface area (Å²) in [6, 6.07) is 17.0. The third-order valence-electron chi connectivity index (χ3n) is 6.14. The summed E-state index contributed by atoms with van der Waals surface area (Å²) in [6.45, 7) is 9.08. The fraction of sp³-hybridized carbons (Fsp3) is 0.333. The molecule has 5 nitrogen and oxygen atoms in total. The summed E-state index contributed by atoms with van der Waals surface area (Å²) >= 11 is 1.72. The molecule has 0 aliphatic carbocycles. The van der Waals surface area contributed by atoms with E-state index < -0.39 is 0 Å². The first-order valence-corrected chi connectivity index (χ1v) is 12.6. The number of thiophene rings is 1. The minimum absolute atomic E-state index is 0.664. The monoisotopic (exact) mass is 458 g/mol. The van der Waals surface area contributed by atoms with Gasteiger partial charge in [-0.25, -0.2) is 9.97 Å². The van der Waals surface area contributed by atoms with Crippen LogP contribution in [-0.4, -0.2) is 29.7 Å². The van der Waals surface area contributed by atoms with Crippen molar-refractivity contribution >= 4 is 38.7 Å². The fourth-order valence-electron chi connectivity index (χ4n) is 4.59. The van der Waals surface area contributed by atoms with E-state index in [1.807, 2.05) is 26.0 Å². The summed E-state index contributed by atoms with van der Waals surface area (Å²) in [4.78, 5) is 14.3. The van der Waals surface area contributed by atoms with Crippen molar-refractivity contribution in [3.63, 3.8) is 0 Å². The number of anilines is 3. The summed E-state index contributed by atoms with van der Waals surface area (Å²) in [6.07, 6.45) is 3.91. The highest BCUT2D eigenvalue weighted by atomic mass is 32.1. The number of nitrogens with zero attached hydrogens (tertiary/aromatic N) is 3. The Kier molecular flexibility index (Phi) is 6.18. The molecule has 170 valence electrons. The Balaban J connectivity index is 1.50. The standard InChI is InChI=1S/C27H30N4OS/c1-4-32-23-14-8-20(9-15-23)24-18(2)33-27-25(24)26(28-19(3)29-27)30-21-10-12-22(13-11-21)31-16-6-5-7-17-31/h8-15H,4-7,16-17H2,1-3H3,(H,28,29,30). The number of aryl methyl sites for hydroxylation is 2. The third kappa shape index (κ3) is 4.53. The van der Waals surface area contributed by atoms with Crippen molar-refractivity contribution in [1.29, 1.82) is 0 Å².